The number of benzene rings is 2. The Hall–Kier alpha value is -3.30. The van der Waals surface area contributed by atoms with Gasteiger partial charge in [-0.1, -0.05) is 0 Å². The second-order valence-corrected chi connectivity index (χ2v) is 4.62. The molecule has 2 aromatic carbocycles. The molecule has 0 spiro atoms. The monoisotopic (exact) mass is 356 g/mol. The number of nitrogens with one attached hydrogen (secondary N) is 1. The number of methoxy groups -OCH3 is 1. The molecule has 0 saturated heterocycles. The fourth-order valence-corrected chi connectivity index (χ4v) is 1.94. The first-order valence-electron chi connectivity index (χ1n) is 6.70. The topological polar surface area (TPSA) is 90.7 Å². The van der Waals surface area contributed by atoms with E-state index in [0.717, 1.165) is 30.3 Å². The average molecular weight is 356 g/mol. The Kier molecular flexibility index (Phi) is 5.42. The molecule has 2 aromatic rings. The van der Waals surface area contributed by atoms with Gasteiger partial charge in [-0.2, -0.15) is 13.2 Å². The molecule has 0 aromatic heterocycles. The number of amides is 1. The molecular formula is C15H11F3N2O5. The van der Waals surface area contributed by atoms with Gasteiger partial charge in [0.2, 0.25) is 5.82 Å². The van der Waals surface area contributed by atoms with Crippen molar-refractivity contribution in [1.29, 1.82) is 0 Å². The second kappa shape index (κ2) is 7.51. The molecule has 25 heavy (non-hydrogen) atoms. The van der Waals surface area contributed by atoms with Crippen molar-refractivity contribution in [2.45, 2.75) is 6.61 Å². The third-order valence-corrected chi connectivity index (χ3v) is 3.04. The normalized spacial score (nSPS) is 10.4. The Labute approximate surface area is 139 Å². The minimum absolute atomic E-state index is 0.00928. The molecule has 1 N–H and O–H groups in total. The van der Waals surface area contributed by atoms with Gasteiger partial charge in [-0.15, -0.1) is 0 Å². The molecule has 0 saturated carbocycles. The summed E-state index contributed by atoms with van der Waals surface area (Å²) in [4.78, 5) is 21.9. The minimum Gasteiger partial charge on any atom is -0.493 e. The molecular weight excluding hydrogens is 345 g/mol. The molecule has 0 fully saturated rings. The zero-order valence-electron chi connectivity index (χ0n) is 12.7. The van der Waals surface area contributed by atoms with Crippen molar-refractivity contribution in [2.75, 3.05) is 12.4 Å². The quantitative estimate of drug-likeness (QED) is 0.631. The lowest BCUT2D eigenvalue weighted by Gasteiger charge is -2.11. The number of nitro groups is 1. The number of hydrogen-bond acceptors (Lipinski definition) is 5. The van der Waals surface area contributed by atoms with E-state index < -0.39 is 28.9 Å². The van der Waals surface area contributed by atoms with E-state index in [-0.39, 0.29) is 22.7 Å². The van der Waals surface area contributed by atoms with Crippen molar-refractivity contribution >= 4 is 17.3 Å². The number of ether oxygens (including phenoxy) is 2. The van der Waals surface area contributed by atoms with Crippen molar-refractivity contribution in [3.8, 4) is 11.5 Å². The van der Waals surface area contributed by atoms with Crippen LogP contribution >= 0.6 is 0 Å². The zero-order chi connectivity index (χ0) is 18.6. The van der Waals surface area contributed by atoms with E-state index in [9.17, 15) is 28.1 Å². The van der Waals surface area contributed by atoms with Gasteiger partial charge in [0.25, 0.3) is 5.91 Å². The summed E-state index contributed by atoms with van der Waals surface area (Å²) in [5.41, 5.74) is -0.786. The van der Waals surface area contributed by atoms with E-state index in [1.54, 1.807) is 0 Å². The summed E-state index contributed by atoms with van der Waals surface area (Å²) in [6.07, 6.45) is 0. The maximum atomic E-state index is 13.3. The highest BCUT2D eigenvalue weighted by molar-refractivity contribution is 6.04. The van der Waals surface area contributed by atoms with Crippen molar-refractivity contribution in [3.63, 3.8) is 0 Å². The van der Waals surface area contributed by atoms with Crippen LogP contribution in [0.1, 0.15) is 10.4 Å². The molecule has 0 aliphatic heterocycles. The SMILES string of the molecule is COc1cc(C(=O)Nc2ccc(F)c([N+](=O)[O-])c2)ccc1OC(F)F. The van der Waals surface area contributed by atoms with Crippen molar-refractivity contribution < 1.29 is 32.4 Å². The number of rotatable bonds is 6. The summed E-state index contributed by atoms with van der Waals surface area (Å²) in [6.45, 7) is -3.06. The Morgan fingerprint density at radius 1 is 1.20 bits per heavy atom. The first-order valence-corrected chi connectivity index (χ1v) is 6.70. The molecule has 0 unspecified atom stereocenters. The number of nitro benzene ring substituents is 1. The minimum atomic E-state index is -3.06. The highest BCUT2D eigenvalue weighted by Crippen LogP contribution is 2.30. The van der Waals surface area contributed by atoms with Crippen molar-refractivity contribution in [1.82, 2.24) is 0 Å². The molecule has 10 heteroatoms. The lowest BCUT2D eigenvalue weighted by atomic mass is 10.1. The van der Waals surface area contributed by atoms with E-state index in [4.69, 9.17) is 4.74 Å². The highest BCUT2D eigenvalue weighted by atomic mass is 19.3. The Balaban J connectivity index is 2.24. The molecule has 0 aliphatic rings. The summed E-state index contributed by atoms with van der Waals surface area (Å²) >= 11 is 0. The predicted molar refractivity (Wildman–Crippen MR) is 80.6 cm³/mol. The number of alkyl halides is 2. The summed E-state index contributed by atoms with van der Waals surface area (Å²) in [5.74, 6) is -2.11. The van der Waals surface area contributed by atoms with Crippen LogP contribution in [-0.2, 0) is 0 Å². The lowest BCUT2D eigenvalue weighted by molar-refractivity contribution is -0.387. The van der Waals surface area contributed by atoms with Gasteiger partial charge in [0.1, 0.15) is 0 Å². The van der Waals surface area contributed by atoms with Gasteiger partial charge in [-0.25, -0.2) is 0 Å². The molecule has 0 radical (unpaired) electrons. The van der Waals surface area contributed by atoms with Crippen molar-refractivity contribution in [2.24, 2.45) is 0 Å². The summed E-state index contributed by atoms with van der Waals surface area (Å²) in [6, 6.07) is 6.32. The van der Waals surface area contributed by atoms with Crippen LogP contribution in [0.5, 0.6) is 11.5 Å². The van der Waals surface area contributed by atoms with Crippen LogP contribution in [0.3, 0.4) is 0 Å². The third kappa shape index (κ3) is 4.37. The smallest absolute Gasteiger partial charge is 0.387 e. The van der Waals surface area contributed by atoms with Crippen LogP contribution in [0.15, 0.2) is 36.4 Å². The van der Waals surface area contributed by atoms with Gasteiger partial charge < -0.3 is 14.8 Å². The molecule has 0 bridgehead atoms. The number of hydrogen-bond donors (Lipinski definition) is 1. The van der Waals surface area contributed by atoms with E-state index in [1.165, 1.54) is 13.2 Å². The average Bonchev–Trinajstić information content (AvgIpc) is 2.56. The zero-order valence-corrected chi connectivity index (χ0v) is 12.7. The molecule has 132 valence electrons. The highest BCUT2D eigenvalue weighted by Gasteiger charge is 2.17. The van der Waals surface area contributed by atoms with E-state index >= 15 is 0 Å². The van der Waals surface area contributed by atoms with Gasteiger partial charge in [0, 0.05) is 17.3 Å². The number of anilines is 1. The Bertz CT molecular complexity index is 814. The van der Waals surface area contributed by atoms with Gasteiger partial charge in [0.05, 0.1) is 12.0 Å². The number of carbonyl (C=O) groups is 1. The van der Waals surface area contributed by atoms with Crippen LogP contribution < -0.4 is 14.8 Å². The molecule has 2 rings (SSSR count). The second-order valence-electron chi connectivity index (χ2n) is 4.62. The first kappa shape index (κ1) is 18.0. The fourth-order valence-electron chi connectivity index (χ4n) is 1.94. The van der Waals surface area contributed by atoms with Crippen LogP contribution in [0.25, 0.3) is 0 Å². The Morgan fingerprint density at radius 2 is 1.92 bits per heavy atom. The van der Waals surface area contributed by atoms with Gasteiger partial charge in [-0.3, -0.25) is 14.9 Å². The van der Waals surface area contributed by atoms with E-state index in [0.29, 0.717) is 0 Å². The summed E-state index contributed by atoms with van der Waals surface area (Å²) < 4.78 is 46.9. The van der Waals surface area contributed by atoms with Gasteiger partial charge >= 0.3 is 12.3 Å². The maximum Gasteiger partial charge on any atom is 0.387 e. The third-order valence-electron chi connectivity index (χ3n) is 3.04. The van der Waals surface area contributed by atoms with Crippen LogP contribution in [-0.4, -0.2) is 24.6 Å². The summed E-state index contributed by atoms with van der Waals surface area (Å²) in [7, 11) is 1.21. The lowest BCUT2D eigenvalue weighted by Crippen LogP contribution is -2.13. The molecule has 0 heterocycles. The van der Waals surface area contributed by atoms with E-state index in [1.807, 2.05) is 0 Å². The van der Waals surface area contributed by atoms with Crippen molar-refractivity contribution in [3.05, 3.63) is 57.9 Å². The van der Waals surface area contributed by atoms with Gasteiger partial charge in [0.15, 0.2) is 11.5 Å². The molecule has 7 nitrogen and oxygen atoms in total. The predicted octanol–water partition coefficient (Wildman–Crippen LogP) is 3.60. The van der Waals surface area contributed by atoms with Crippen LogP contribution in [0.4, 0.5) is 24.5 Å². The summed E-state index contributed by atoms with van der Waals surface area (Å²) in [5, 5.41) is 13.0. The largest absolute Gasteiger partial charge is 0.493 e. The van der Waals surface area contributed by atoms with E-state index in [2.05, 4.69) is 10.1 Å². The molecule has 1 amide bonds. The number of halogens is 3. The fraction of sp³-hybridized carbons (Fsp3) is 0.133. The van der Waals surface area contributed by atoms with Crippen LogP contribution in [0.2, 0.25) is 0 Å². The first-order chi connectivity index (χ1) is 11.8. The number of nitrogens with zero attached hydrogens (tertiary/aromatic N) is 1. The standard InChI is InChI=1S/C15H11F3N2O5/c1-24-13-6-8(2-5-12(13)25-15(17)18)14(21)19-9-3-4-10(16)11(7-9)20(22)23/h2-7,15H,1H3,(H,19,21). The maximum absolute atomic E-state index is 13.3. The molecule has 0 atom stereocenters. The van der Waals surface area contributed by atoms with Gasteiger partial charge in [-0.05, 0) is 30.3 Å². The Morgan fingerprint density at radius 3 is 2.52 bits per heavy atom. The molecule has 0 aliphatic carbocycles. The van der Waals surface area contributed by atoms with Crippen LogP contribution in [0, 0.1) is 15.9 Å². The number of carbonyl (C=O) groups excluding carboxylic acids is 1.